The number of rotatable bonds is 8. The Morgan fingerprint density at radius 2 is 2.24 bits per heavy atom. The molecule has 1 heterocycles. The molecular weight excluding hydrogens is 270 g/mol. The molecule has 0 aliphatic carbocycles. The molecule has 0 aliphatic rings. The van der Waals surface area contributed by atoms with E-state index in [1.165, 1.54) is 10.5 Å². The Bertz CT molecular complexity index is 451. The van der Waals surface area contributed by atoms with E-state index in [-0.39, 0.29) is 25.0 Å². The lowest BCUT2D eigenvalue weighted by atomic mass is 10.1. The van der Waals surface area contributed by atoms with E-state index in [1.54, 1.807) is 13.2 Å². The number of carboxylic acid groups (broad SMARTS) is 1. The highest BCUT2D eigenvalue weighted by Crippen LogP contribution is 2.05. The Hall–Kier alpha value is -2.11. The normalized spacial score (nSPS) is 11.7. The van der Waals surface area contributed by atoms with Gasteiger partial charge in [0.1, 0.15) is 0 Å². The predicted octanol–water partition coefficient (Wildman–Crippen LogP) is 1.91. The van der Waals surface area contributed by atoms with Crippen molar-refractivity contribution in [3.8, 4) is 0 Å². The van der Waals surface area contributed by atoms with Gasteiger partial charge in [-0.15, -0.1) is 0 Å². The van der Waals surface area contributed by atoms with Gasteiger partial charge in [-0.1, -0.05) is 6.07 Å². The second-order valence-corrected chi connectivity index (χ2v) is 5.17. The first-order chi connectivity index (χ1) is 9.99. The van der Waals surface area contributed by atoms with E-state index < -0.39 is 5.97 Å². The molecule has 1 aromatic heterocycles. The van der Waals surface area contributed by atoms with Crippen LogP contribution < -0.4 is 5.32 Å². The minimum atomic E-state index is -0.904. The summed E-state index contributed by atoms with van der Waals surface area (Å²) in [6.45, 7) is 2.16. The van der Waals surface area contributed by atoms with E-state index in [0.717, 1.165) is 19.3 Å². The van der Waals surface area contributed by atoms with Crippen LogP contribution in [0.3, 0.4) is 0 Å². The number of aromatic nitrogens is 1. The van der Waals surface area contributed by atoms with Gasteiger partial charge in [0.25, 0.3) is 0 Å². The molecule has 1 rings (SSSR count). The number of amides is 2. The number of aryl methyl sites for hydroxylation is 1. The van der Waals surface area contributed by atoms with Gasteiger partial charge in [0, 0.05) is 32.0 Å². The van der Waals surface area contributed by atoms with Crippen LogP contribution in [-0.2, 0) is 11.2 Å². The molecule has 1 unspecified atom stereocenters. The van der Waals surface area contributed by atoms with Crippen molar-refractivity contribution < 1.29 is 14.7 Å². The lowest BCUT2D eigenvalue weighted by Crippen LogP contribution is -2.42. The molecule has 0 aliphatic heterocycles. The highest BCUT2D eigenvalue weighted by molar-refractivity contribution is 5.75. The molecule has 1 aromatic rings. The molecule has 0 radical (unpaired) electrons. The minimum absolute atomic E-state index is 0.0424. The number of hydrogen-bond donors (Lipinski definition) is 2. The van der Waals surface area contributed by atoms with Crippen LogP contribution in [0.2, 0.25) is 0 Å². The van der Waals surface area contributed by atoms with Gasteiger partial charge in [0.15, 0.2) is 0 Å². The molecule has 1 atom stereocenters. The topological polar surface area (TPSA) is 82.5 Å². The van der Waals surface area contributed by atoms with Crippen molar-refractivity contribution in [1.29, 1.82) is 0 Å². The van der Waals surface area contributed by atoms with Crippen molar-refractivity contribution in [2.24, 2.45) is 0 Å². The van der Waals surface area contributed by atoms with Gasteiger partial charge in [-0.05, 0) is 37.8 Å². The van der Waals surface area contributed by atoms with Crippen molar-refractivity contribution in [2.45, 2.75) is 38.6 Å². The lowest BCUT2D eigenvalue weighted by molar-refractivity contribution is -0.137. The van der Waals surface area contributed by atoms with Crippen LogP contribution in [0.1, 0.15) is 31.7 Å². The zero-order valence-electron chi connectivity index (χ0n) is 12.6. The standard InChI is InChI=1S/C15H23N3O3/c1-12(5-3-6-13-7-4-9-16-11-13)17-15(21)18(2)10-8-14(19)20/h4,7,9,11-12H,3,5-6,8,10H2,1-2H3,(H,17,21)(H,19,20). The summed E-state index contributed by atoms with van der Waals surface area (Å²) in [6, 6.07) is 3.78. The van der Waals surface area contributed by atoms with E-state index in [2.05, 4.69) is 10.3 Å². The fourth-order valence-corrected chi connectivity index (χ4v) is 1.92. The number of hydrogen-bond acceptors (Lipinski definition) is 3. The molecule has 0 saturated heterocycles. The maximum Gasteiger partial charge on any atom is 0.317 e. The Labute approximate surface area is 125 Å². The Morgan fingerprint density at radius 1 is 1.48 bits per heavy atom. The summed E-state index contributed by atoms with van der Waals surface area (Å²) >= 11 is 0. The maximum absolute atomic E-state index is 11.8. The van der Waals surface area contributed by atoms with Crippen LogP contribution in [0.4, 0.5) is 4.79 Å². The third kappa shape index (κ3) is 7.29. The third-order valence-electron chi connectivity index (χ3n) is 3.20. The third-order valence-corrected chi connectivity index (χ3v) is 3.20. The smallest absolute Gasteiger partial charge is 0.317 e. The van der Waals surface area contributed by atoms with Gasteiger partial charge in [0.2, 0.25) is 0 Å². The number of carbonyl (C=O) groups is 2. The maximum atomic E-state index is 11.8. The predicted molar refractivity (Wildman–Crippen MR) is 80.1 cm³/mol. The molecule has 6 heteroatoms. The summed E-state index contributed by atoms with van der Waals surface area (Å²) < 4.78 is 0. The van der Waals surface area contributed by atoms with Crippen molar-refractivity contribution in [3.05, 3.63) is 30.1 Å². The fraction of sp³-hybridized carbons (Fsp3) is 0.533. The van der Waals surface area contributed by atoms with Gasteiger partial charge in [-0.2, -0.15) is 0 Å². The van der Waals surface area contributed by atoms with Gasteiger partial charge in [-0.3, -0.25) is 9.78 Å². The van der Waals surface area contributed by atoms with E-state index in [0.29, 0.717) is 0 Å². The number of pyridine rings is 1. The molecule has 0 spiro atoms. The molecule has 116 valence electrons. The molecule has 0 saturated carbocycles. The number of nitrogens with one attached hydrogen (secondary N) is 1. The lowest BCUT2D eigenvalue weighted by Gasteiger charge is -2.20. The number of urea groups is 1. The number of carbonyl (C=O) groups excluding carboxylic acids is 1. The van der Waals surface area contributed by atoms with Gasteiger partial charge < -0.3 is 15.3 Å². The second kappa shape index (κ2) is 8.94. The Balaban J connectivity index is 2.21. The van der Waals surface area contributed by atoms with Crippen LogP contribution in [0.5, 0.6) is 0 Å². The van der Waals surface area contributed by atoms with Crippen molar-refractivity contribution in [2.75, 3.05) is 13.6 Å². The van der Waals surface area contributed by atoms with Gasteiger partial charge in [0.05, 0.1) is 6.42 Å². The number of aliphatic carboxylic acids is 1. The molecule has 6 nitrogen and oxygen atoms in total. The van der Waals surface area contributed by atoms with Crippen molar-refractivity contribution in [1.82, 2.24) is 15.2 Å². The first-order valence-corrected chi connectivity index (χ1v) is 7.11. The minimum Gasteiger partial charge on any atom is -0.481 e. The molecule has 2 N–H and O–H groups in total. The highest BCUT2D eigenvalue weighted by atomic mass is 16.4. The van der Waals surface area contributed by atoms with Crippen molar-refractivity contribution in [3.63, 3.8) is 0 Å². The summed E-state index contributed by atoms with van der Waals surface area (Å²) in [5.41, 5.74) is 1.19. The molecule has 0 fully saturated rings. The molecular formula is C15H23N3O3. The first kappa shape index (κ1) is 16.9. The average Bonchev–Trinajstić information content (AvgIpc) is 2.45. The number of nitrogens with zero attached hydrogens (tertiary/aromatic N) is 2. The zero-order chi connectivity index (χ0) is 15.7. The Morgan fingerprint density at radius 3 is 2.86 bits per heavy atom. The van der Waals surface area contributed by atoms with E-state index in [4.69, 9.17) is 5.11 Å². The van der Waals surface area contributed by atoms with E-state index >= 15 is 0 Å². The Kier molecular flexibility index (Phi) is 7.21. The highest BCUT2D eigenvalue weighted by Gasteiger charge is 2.12. The second-order valence-electron chi connectivity index (χ2n) is 5.17. The first-order valence-electron chi connectivity index (χ1n) is 7.11. The van der Waals surface area contributed by atoms with Crippen LogP contribution in [-0.4, -0.2) is 46.6 Å². The summed E-state index contributed by atoms with van der Waals surface area (Å²) in [7, 11) is 1.60. The average molecular weight is 293 g/mol. The fourth-order valence-electron chi connectivity index (χ4n) is 1.92. The summed E-state index contributed by atoms with van der Waals surface area (Å²) in [6.07, 6.45) is 6.32. The summed E-state index contributed by atoms with van der Waals surface area (Å²) in [5, 5.41) is 11.5. The number of carboxylic acids is 1. The largest absolute Gasteiger partial charge is 0.481 e. The van der Waals surface area contributed by atoms with Crippen LogP contribution in [0.25, 0.3) is 0 Å². The summed E-state index contributed by atoms with van der Waals surface area (Å²) in [5.74, 6) is -0.904. The van der Waals surface area contributed by atoms with Crippen LogP contribution in [0, 0.1) is 0 Å². The van der Waals surface area contributed by atoms with Crippen molar-refractivity contribution >= 4 is 12.0 Å². The molecule has 2 amide bonds. The van der Waals surface area contributed by atoms with Crippen LogP contribution >= 0.6 is 0 Å². The monoisotopic (exact) mass is 293 g/mol. The molecule has 0 aromatic carbocycles. The summed E-state index contributed by atoms with van der Waals surface area (Å²) in [4.78, 5) is 27.7. The van der Waals surface area contributed by atoms with E-state index in [1.807, 2.05) is 25.3 Å². The van der Waals surface area contributed by atoms with Gasteiger partial charge >= 0.3 is 12.0 Å². The van der Waals surface area contributed by atoms with Crippen LogP contribution in [0.15, 0.2) is 24.5 Å². The molecule has 21 heavy (non-hydrogen) atoms. The zero-order valence-corrected chi connectivity index (χ0v) is 12.6. The van der Waals surface area contributed by atoms with E-state index in [9.17, 15) is 9.59 Å². The molecule has 0 bridgehead atoms. The SMILES string of the molecule is CC(CCCc1cccnc1)NC(=O)N(C)CCC(=O)O. The quantitative estimate of drug-likeness (QED) is 0.767. The van der Waals surface area contributed by atoms with Gasteiger partial charge in [-0.25, -0.2) is 4.79 Å².